The lowest BCUT2D eigenvalue weighted by molar-refractivity contribution is 0.222. The molecule has 3 atom stereocenters. The zero-order valence-electron chi connectivity index (χ0n) is 10.5. The average Bonchev–Trinajstić information content (AvgIpc) is 3.00. The first kappa shape index (κ1) is 11.2. The third-order valence-electron chi connectivity index (χ3n) is 4.21. The van der Waals surface area contributed by atoms with E-state index in [0.29, 0.717) is 6.04 Å². The van der Waals surface area contributed by atoms with Crippen LogP contribution in [0.15, 0.2) is 4.52 Å². The Morgan fingerprint density at radius 1 is 1.47 bits per heavy atom. The molecule has 0 aromatic carbocycles. The molecular formula is C12H20N4O. The van der Waals surface area contributed by atoms with Crippen LogP contribution < -0.4 is 5.32 Å². The zero-order chi connectivity index (χ0) is 11.8. The van der Waals surface area contributed by atoms with Crippen LogP contribution in [0.4, 0.5) is 0 Å². The van der Waals surface area contributed by atoms with Crippen LogP contribution in [-0.4, -0.2) is 40.7 Å². The lowest BCUT2D eigenvalue weighted by Gasteiger charge is -2.22. The molecule has 3 rings (SSSR count). The van der Waals surface area contributed by atoms with Crippen molar-refractivity contribution in [2.75, 3.05) is 19.6 Å². The molecule has 94 valence electrons. The third-order valence-corrected chi connectivity index (χ3v) is 4.21. The zero-order valence-corrected chi connectivity index (χ0v) is 10.5. The standard InChI is InChI=1S/C12H20N4O/c1-3-12-14-11(15-17-12)7-16-6-9-4-13-5-10(9)8(16)2/h8-10,13H,3-7H2,1-2H3. The van der Waals surface area contributed by atoms with E-state index < -0.39 is 0 Å². The summed E-state index contributed by atoms with van der Waals surface area (Å²) in [6.07, 6.45) is 0.817. The molecule has 3 heterocycles. The van der Waals surface area contributed by atoms with E-state index in [0.717, 1.165) is 56.2 Å². The number of hydrogen-bond acceptors (Lipinski definition) is 5. The van der Waals surface area contributed by atoms with Crippen LogP contribution >= 0.6 is 0 Å². The summed E-state index contributed by atoms with van der Waals surface area (Å²) >= 11 is 0. The summed E-state index contributed by atoms with van der Waals surface area (Å²) in [5.41, 5.74) is 0. The van der Waals surface area contributed by atoms with Gasteiger partial charge in [0.1, 0.15) is 0 Å². The fourth-order valence-corrected chi connectivity index (χ4v) is 3.14. The van der Waals surface area contributed by atoms with Crippen molar-refractivity contribution in [3.05, 3.63) is 11.7 Å². The minimum absolute atomic E-state index is 0.624. The van der Waals surface area contributed by atoms with Gasteiger partial charge in [-0.1, -0.05) is 12.1 Å². The summed E-state index contributed by atoms with van der Waals surface area (Å²) in [6.45, 7) is 8.67. The van der Waals surface area contributed by atoms with Gasteiger partial charge in [0.25, 0.3) is 0 Å². The fourth-order valence-electron chi connectivity index (χ4n) is 3.14. The largest absolute Gasteiger partial charge is 0.339 e. The summed E-state index contributed by atoms with van der Waals surface area (Å²) in [7, 11) is 0. The van der Waals surface area contributed by atoms with Crippen molar-refractivity contribution < 1.29 is 4.52 Å². The minimum Gasteiger partial charge on any atom is -0.339 e. The highest BCUT2D eigenvalue weighted by atomic mass is 16.5. The van der Waals surface area contributed by atoms with Gasteiger partial charge >= 0.3 is 0 Å². The van der Waals surface area contributed by atoms with Gasteiger partial charge in [0, 0.05) is 19.0 Å². The molecule has 2 aliphatic rings. The topological polar surface area (TPSA) is 54.2 Å². The van der Waals surface area contributed by atoms with Crippen LogP contribution in [0.25, 0.3) is 0 Å². The number of nitrogens with zero attached hydrogens (tertiary/aromatic N) is 3. The van der Waals surface area contributed by atoms with Crippen molar-refractivity contribution in [3.63, 3.8) is 0 Å². The fraction of sp³-hybridized carbons (Fsp3) is 0.833. The van der Waals surface area contributed by atoms with Crippen LogP contribution in [0.1, 0.15) is 25.6 Å². The van der Waals surface area contributed by atoms with Gasteiger partial charge in [-0.3, -0.25) is 4.90 Å². The molecule has 2 saturated heterocycles. The predicted octanol–water partition coefficient (Wildman–Crippen LogP) is 0.672. The van der Waals surface area contributed by atoms with Crippen LogP contribution in [0, 0.1) is 11.8 Å². The van der Waals surface area contributed by atoms with Gasteiger partial charge in [-0.25, -0.2) is 0 Å². The Balaban J connectivity index is 1.66. The second-order valence-electron chi connectivity index (χ2n) is 5.21. The maximum absolute atomic E-state index is 5.15. The molecule has 3 unspecified atom stereocenters. The van der Waals surface area contributed by atoms with E-state index in [9.17, 15) is 0 Å². The van der Waals surface area contributed by atoms with Gasteiger partial charge in [0.2, 0.25) is 5.89 Å². The van der Waals surface area contributed by atoms with E-state index in [1.165, 1.54) is 0 Å². The van der Waals surface area contributed by atoms with Crippen LogP contribution in [0.3, 0.4) is 0 Å². The smallest absolute Gasteiger partial charge is 0.226 e. The molecule has 0 radical (unpaired) electrons. The SMILES string of the molecule is CCc1nc(CN2CC3CNCC3C2C)no1. The monoisotopic (exact) mass is 236 g/mol. The molecule has 5 nitrogen and oxygen atoms in total. The first-order valence-electron chi connectivity index (χ1n) is 6.54. The van der Waals surface area contributed by atoms with Gasteiger partial charge in [-0.05, 0) is 31.8 Å². The van der Waals surface area contributed by atoms with E-state index in [4.69, 9.17) is 4.52 Å². The molecule has 0 saturated carbocycles. The average molecular weight is 236 g/mol. The van der Waals surface area contributed by atoms with Crippen LogP contribution in [-0.2, 0) is 13.0 Å². The second-order valence-corrected chi connectivity index (χ2v) is 5.21. The Bertz CT molecular complexity index is 392. The third kappa shape index (κ3) is 1.98. The Kier molecular flexibility index (Phi) is 2.88. The van der Waals surface area contributed by atoms with Gasteiger partial charge in [-0.15, -0.1) is 0 Å². The second kappa shape index (κ2) is 4.38. The van der Waals surface area contributed by atoms with Crippen LogP contribution in [0.5, 0.6) is 0 Å². The first-order chi connectivity index (χ1) is 8.28. The summed E-state index contributed by atoms with van der Waals surface area (Å²) in [4.78, 5) is 6.87. The Morgan fingerprint density at radius 3 is 3.06 bits per heavy atom. The van der Waals surface area contributed by atoms with Gasteiger partial charge in [0.05, 0.1) is 6.54 Å². The molecule has 1 N–H and O–H groups in total. The number of rotatable bonds is 3. The highest BCUT2D eigenvalue weighted by Gasteiger charge is 2.41. The molecule has 0 aliphatic carbocycles. The maximum Gasteiger partial charge on any atom is 0.226 e. The van der Waals surface area contributed by atoms with Crippen molar-refractivity contribution in [1.82, 2.24) is 20.4 Å². The van der Waals surface area contributed by atoms with Gasteiger partial charge < -0.3 is 9.84 Å². The highest BCUT2D eigenvalue weighted by molar-refractivity contribution is 4.98. The van der Waals surface area contributed by atoms with Gasteiger partial charge in [0.15, 0.2) is 5.82 Å². The van der Waals surface area contributed by atoms with Crippen molar-refractivity contribution >= 4 is 0 Å². The number of nitrogens with one attached hydrogen (secondary N) is 1. The van der Waals surface area contributed by atoms with Crippen molar-refractivity contribution in [2.24, 2.45) is 11.8 Å². The number of hydrogen-bond donors (Lipinski definition) is 1. The summed E-state index contributed by atoms with van der Waals surface area (Å²) < 4.78 is 5.15. The molecule has 17 heavy (non-hydrogen) atoms. The van der Waals surface area contributed by atoms with Crippen molar-refractivity contribution in [3.8, 4) is 0 Å². The van der Waals surface area contributed by atoms with Crippen LogP contribution in [0.2, 0.25) is 0 Å². The lowest BCUT2D eigenvalue weighted by atomic mass is 9.95. The molecule has 2 fully saturated rings. The predicted molar refractivity (Wildman–Crippen MR) is 63.4 cm³/mol. The lowest BCUT2D eigenvalue weighted by Crippen LogP contribution is -2.33. The van der Waals surface area contributed by atoms with Gasteiger partial charge in [-0.2, -0.15) is 4.98 Å². The summed E-state index contributed by atoms with van der Waals surface area (Å²) in [5.74, 6) is 3.19. The highest BCUT2D eigenvalue weighted by Crippen LogP contribution is 2.32. The normalized spacial score (nSPS) is 33.2. The summed E-state index contributed by atoms with van der Waals surface area (Å²) in [6, 6.07) is 0.624. The first-order valence-corrected chi connectivity index (χ1v) is 6.54. The number of aromatic nitrogens is 2. The molecular weight excluding hydrogens is 216 g/mol. The Hall–Kier alpha value is -0.940. The van der Waals surface area contributed by atoms with Crippen molar-refractivity contribution in [2.45, 2.75) is 32.9 Å². The number of fused-ring (bicyclic) bond motifs is 1. The van der Waals surface area contributed by atoms with E-state index in [-0.39, 0.29) is 0 Å². The molecule has 1 aromatic heterocycles. The van der Waals surface area contributed by atoms with E-state index in [1.807, 2.05) is 6.92 Å². The summed E-state index contributed by atoms with van der Waals surface area (Å²) in [5, 5.41) is 7.51. The Morgan fingerprint density at radius 2 is 2.35 bits per heavy atom. The molecule has 1 aromatic rings. The van der Waals surface area contributed by atoms with E-state index in [1.54, 1.807) is 0 Å². The molecule has 0 spiro atoms. The minimum atomic E-state index is 0.624. The Labute approximate surface area is 102 Å². The number of likely N-dealkylation sites (tertiary alicyclic amines) is 1. The molecule has 5 heteroatoms. The maximum atomic E-state index is 5.15. The van der Waals surface area contributed by atoms with E-state index in [2.05, 4.69) is 27.3 Å². The molecule has 2 aliphatic heterocycles. The quantitative estimate of drug-likeness (QED) is 0.836. The molecule has 0 amide bonds. The number of aryl methyl sites for hydroxylation is 1. The molecule has 0 bridgehead atoms. The van der Waals surface area contributed by atoms with E-state index >= 15 is 0 Å². The van der Waals surface area contributed by atoms with Crippen molar-refractivity contribution in [1.29, 1.82) is 0 Å².